The Hall–Kier alpha value is -1.71. The van der Waals surface area contributed by atoms with Crippen LogP contribution in [0, 0.1) is 5.41 Å². The van der Waals surface area contributed by atoms with E-state index < -0.39 is 5.97 Å². The van der Waals surface area contributed by atoms with Crippen LogP contribution in [0.5, 0.6) is 11.5 Å². The number of aromatic carboxylic acids is 1. The summed E-state index contributed by atoms with van der Waals surface area (Å²) in [6.07, 6.45) is 0.837. The Bertz CT molecular complexity index is 418. The summed E-state index contributed by atoms with van der Waals surface area (Å²) < 4.78 is 10.7. The van der Waals surface area contributed by atoms with E-state index >= 15 is 0 Å². The first-order valence-corrected chi connectivity index (χ1v) is 5.88. The lowest BCUT2D eigenvalue weighted by Crippen LogP contribution is -2.13. The molecular weight excluding hydrogens is 232 g/mol. The molecular formula is C14H20O4. The van der Waals surface area contributed by atoms with Crippen LogP contribution < -0.4 is 9.47 Å². The molecule has 4 heteroatoms. The van der Waals surface area contributed by atoms with E-state index in [2.05, 4.69) is 20.8 Å². The molecule has 1 rings (SSSR count). The van der Waals surface area contributed by atoms with Crippen molar-refractivity contribution in [2.24, 2.45) is 5.41 Å². The first kappa shape index (κ1) is 14.4. The van der Waals surface area contributed by atoms with E-state index in [-0.39, 0.29) is 11.0 Å². The van der Waals surface area contributed by atoms with Gasteiger partial charge in [-0.1, -0.05) is 26.8 Å². The quantitative estimate of drug-likeness (QED) is 0.874. The second-order valence-electron chi connectivity index (χ2n) is 5.30. The van der Waals surface area contributed by atoms with Crippen LogP contribution in [0.25, 0.3) is 0 Å². The van der Waals surface area contributed by atoms with E-state index in [9.17, 15) is 4.79 Å². The Morgan fingerprint density at radius 3 is 2.50 bits per heavy atom. The van der Waals surface area contributed by atoms with Crippen LogP contribution in [-0.2, 0) is 0 Å². The molecule has 0 aliphatic carbocycles. The number of carboxylic acids is 1. The van der Waals surface area contributed by atoms with Crippen molar-refractivity contribution in [3.05, 3.63) is 23.8 Å². The van der Waals surface area contributed by atoms with Gasteiger partial charge in [0, 0.05) is 0 Å². The van der Waals surface area contributed by atoms with Gasteiger partial charge in [0.2, 0.25) is 0 Å². The summed E-state index contributed by atoms with van der Waals surface area (Å²) in [6.45, 7) is 6.79. The van der Waals surface area contributed by atoms with Crippen LogP contribution in [0.2, 0.25) is 0 Å². The number of para-hydroxylation sites is 1. The van der Waals surface area contributed by atoms with Gasteiger partial charge in [-0.3, -0.25) is 0 Å². The monoisotopic (exact) mass is 252 g/mol. The molecule has 18 heavy (non-hydrogen) atoms. The molecule has 0 bridgehead atoms. The molecule has 0 saturated carbocycles. The summed E-state index contributed by atoms with van der Waals surface area (Å²) >= 11 is 0. The Kier molecular flexibility index (Phi) is 4.59. The predicted molar refractivity (Wildman–Crippen MR) is 69.5 cm³/mol. The van der Waals surface area contributed by atoms with Crippen molar-refractivity contribution in [2.45, 2.75) is 27.2 Å². The van der Waals surface area contributed by atoms with Crippen LogP contribution in [0.4, 0.5) is 0 Å². The maximum atomic E-state index is 11.1. The molecule has 0 radical (unpaired) electrons. The fourth-order valence-corrected chi connectivity index (χ4v) is 1.45. The first-order valence-electron chi connectivity index (χ1n) is 5.88. The molecule has 0 unspecified atom stereocenters. The Morgan fingerprint density at radius 2 is 2.00 bits per heavy atom. The standard InChI is InChI=1S/C14H20O4/c1-14(2,3)8-9-18-12-10(13(15)16)6-5-7-11(12)17-4/h5-7H,8-9H2,1-4H3,(H,15,16). The minimum Gasteiger partial charge on any atom is -0.493 e. The number of methoxy groups -OCH3 is 1. The lowest BCUT2D eigenvalue weighted by atomic mass is 9.93. The molecule has 0 amide bonds. The molecule has 0 fully saturated rings. The van der Waals surface area contributed by atoms with Crippen LogP contribution in [0.1, 0.15) is 37.6 Å². The average Bonchev–Trinajstić information content (AvgIpc) is 2.27. The van der Waals surface area contributed by atoms with E-state index in [0.717, 1.165) is 6.42 Å². The normalized spacial score (nSPS) is 11.1. The highest BCUT2D eigenvalue weighted by Crippen LogP contribution is 2.32. The van der Waals surface area contributed by atoms with E-state index in [4.69, 9.17) is 14.6 Å². The van der Waals surface area contributed by atoms with Crippen molar-refractivity contribution >= 4 is 5.97 Å². The number of carbonyl (C=O) groups is 1. The summed E-state index contributed by atoms with van der Waals surface area (Å²) in [7, 11) is 1.50. The number of ether oxygens (including phenoxy) is 2. The summed E-state index contributed by atoms with van der Waals surface area (Å²) in [5, 5.41) is 9.11. The van der Waals surface area contributed by atoms with E-state index in [1.807, 2.05) is 0 Å². The molecule has 0 spiro atoms. The zero-order valence-corrected chi connectivity index (χ0v) is 11.3. The average molecular weight is 252 g/mol. The topological polar surface area (TPSA) is 55.8 Å². The SMILES string of the molecule is COc1cccc(C(=O)O)c1OCCC(C)(C)C. The zero-order valence-electron chi connectivity index (χ0n) is 11.3. The largest absolute Gasteiger partial charge is 0.493 e. The lowest BCUT2D eigenvalue weighted by Gasteiger charge is -2.19. The second-order valence-corrected chi connectivity index (χ2v) is 5.30. The number of hydrogen-bond acceptors (Lipinski definition) is 3. The zero-order chi connectivity index (χ0) is 13.8. The van der Waals surface area contributed by atoms with E-state index in [0.29, 0.717) is 18.1 Å². The van der Waals surface area contributed by atoms with Crippen molar-refractivity contribution in [1.82, 2.24) is 0 Å². The molecule has 0 aliphatic rings. The highest BCUT2D eigenvalue weighted by atomic mass is 16.5. The molecule has 0 saturated heterocycles. The third kappa shape index (κ3) is 3.95. The van der Waals surface area contributed by atoms with Gasteiger partial charge in [-0.25, -0.2) is 4.79 Å². The van der Waals surface area contributed by atoms with E-state index in [1.165, 1.54) is 13.2 Å². The maximum absolute atomic E-state index is 11.1. The minimum absolute atomic E-state index is 0.128. The number of hydrogen-bond donors (Lipinski definition) is 1. The summed E-state index contributed by atoms with van der Waals surface area (Å²) in [6, 6.07) is 4.84. The van der Waals surface area contributed by atoms with Gasteiger partial charge < -0.3 is 14.6 Å². The highest BCUT2D eigenvalue weighted by molar-refractivity contribution is 5.92. The molecule has 1 aromatic rings. The van der Waals surface area contributed by atoms with Gasteiger partial charge in [0.15, 0.2) is 11.5 Å². The lowest BCUT2D eigenvalue weighted by molar-refractivity contribution is 0.0691. The molecule has 1 N–H and O–H groups in total. The molecule has 0 heterocycles. The number of carboxylic acid groups (broad SMARTS) is 1. The van der Waals surface area contributed by atoms with Gasteiger partial charge in [-0.05, 0) is 24.0 Å². The third-order valence-electron chi connectivity index (χ3n) is 2.53. The van der Waals surface area contributed by atoms with E-state index in [1.54, 1.807) is 12.1 Å². The summed E-state index contributed by atoms with van der Waals surface area (Å²) in [5.41, 5.74) is 0.272. The molecule has 4 nitrogen and oxygen atoms in total. The van der Waals surface area contributed by atoms with Crippen molar-refractivity contribution in [2.75, 3.05) is 13.7 Å². The van der Waals surface area contributed by atoms with Gasteiger partial charge in [0.05, 0.1) is 13.7 Å². The third-order valence-corrected chi connectivity index (χ3v) is 2.53. The fourth-order valence-electron chi connectivity index (χ4n) is 1.45. The van der Waals surface area contributed by atoms with Crippen LogP contribution in [0.3, 0.4) is 0 Å². The van der Waals surface area contributed by atoms with Gasteiger partial charge in [0.1, 0.15) is 5.56 Å². The summed E-state index contributed by atoms with van der Waals surface area (Å²) in [5.74, 6) is -0.264. The molecule has 0 aliphatic heterocycles. The molecule has 100 valence electrons. The van der Waals surface area contributed by atoms with Crippen LogP contribution >= 0.6 is 0 Å². The van der Waals surface area contributed by atoms with Crippen molar-refractivity contribution < 1.29 is 19.4 Å². The van der Waals surface area contributed by atoms with Gasteiger partial charge in [0.25, 0.3) is 0 Å². The van der Waals surface area contributed by atoms with Crippen LogP contribution in [0.15, 0.2) is 18.2 Å². The number of rotatable bonds is 5. The Morgan fingerprint density at radius 1 is 1.33 bits per heavy atom. The molecule has 0 atom stereocenters. The van der Waals surface area contributed by atoms with Crippen molar-refractivity contribution in [1.29, 1.82) is 0 Å². The minimum atomic E-state index is -1.01. The molecule has 0 aromatic heterocycles. The van der Waals surface area contributed by atoms with Gasteiger partial charge in [-0.15, -0.1) is 0 Å². The molecule has 1 aromatic carbocycles. The highest BCUT2D eigenvalue weighted by Gasteiger charge is 2.17. The van der Waals surface area contributed by atoms with Gasteiger partial charge in [-0.2, -0.15) is 0 Å². The maximum Gasteiger partial charge on any atom is 0.339 e. The summed E-state index contributed by atoms with van der Waals surface area (Å²) in [4.78, 5) is 11.1. The first-order chi connectivity index (χ1) is 8.35. The van der Waals surface area contributed by atoms with Crippen LogP contribution in [-0.4, -0.2) is 24.8 Å². The Balaban J connectivity index is 2.88. The smallest absolute Gasteiger partial charge is 0.339 e. The predicted octanol–water partition coefficient (Wildman–Crippen LogP) is 3.21. The van der Waals surface area contributed by atoms with Gasteiger partial charge >= 0.3 is 5.97 Å². The van der Waals surface area contributed by atoms with Crippen molar-refractivity contribution in [3.63, 3.8) is 0 Å². The Labute approximate surface area is 108 Å². The number of benzene rings is 1. The van der Waals surface area contributed by atoms with Crippen molar-refractivity contribution in [3.8, 4) is 11.5 Å². The second kappa shape index (κ2) is 5.76. The fraction of sp³-hybridized carbons (Fsp3) is 0.500.